The Bertz CT molecular complexity index is 1030. The first-order valence-electron chi connectivity index (χ1n) is 25.7. The van der Waals surface area contributed by atoms with Crippen LogP contribution < -0.4 is 5.32 Å². The van der Waals surface area contributed by atoms with Gasteiger partial charge in [-0.15, -0.1) is 0 Å². The van der Waals surface area contributed by atoms with Crippen molar-refractivity contribution in [3.63, 3.8) is 0 Å². The first-order valence-corrected chi connectivity index (χ1v) is 27.2. The van der Waals surface area contributed by atoms with E-state index in [1.165, 1.54) is 173 Å². The summed E-state index contributed by atoms with van der Waals surface area (Å²) in [6, 6.07) is -0.775. The van der Waals surface area contributed by atoms with Crippen molar-refractivity contribution in [2.75, 3.05) is 40.9 Å². The van der Waals surface area contributed by atoms with Crippen LogP contribution >= 0.6 is 7.82 Å². The third kappa shape index (κ3) is 45.0. The highest BCUT2D eigenvalue weighted by Gasteiger charge is 2.28. The largest absolute Gasteiger partial charge is 0.472 e. The van der Waals surface area contributed by atoms with Crippen LogP contribution in [0.3, 0.4) is 0 Å². The van der Waals surface area contributed by atoms with Gasteiger partial charge in [0.05, 0.1) is 39.9 Å². The normalized spacial score (nSPS) is 14.3. The highest BCUT2D eigenvalue weighted by atomic mass is 31.2. The smallest absolute Gasteiger partial charge is 0.391 e. The van der Waals surface area contributed by atoms with Crippen LogP contribution in [0.25, 0.3) is 0 Å². The Hall–Kier alpha value is -1.02. The number of phosphoric ester groups is 1. The number of carbonyl (C=O) groups excluding carboxylic acids is 1. The zero-order valence-corrected chi connectivity index (χ0v) is 41.4. The molecule has 1 unspecified atom stereocenters. The maximum absolute atomic E-state index is 12.9. The van der Waals surface area contributed by atoms with Gasteiger partial charge in [-0.25, -0.2) is 4.57 Å². The lowest BCUT2D eigenvalue weighted by Gasteiger charge is -2.26. The summed E-state index contributed by atoms with van der Waals surface area (Å²) >= 11 is 0. The number of carbonyl (C=O) groups is 1. The molecule has 60 heavy (non-hydrogen) atoms. The third-order valence-corrected chi connectivity index (χ3v) is 12.7. The van der Waals surface area contributed by atoms with Crippen molar-refractivity contribution in [3.05, 3.63) is 24.3 Å². The molecule has 0 bridgehead atoms. The summed E-state index contributed by atoms with van der Waals surface area (Å²) in [5.74, 6) is -0.153. The SMILES string of the molecule is CCCCCCCC/C=C/CCCCCCCCCCCCCC(=O)N[C@@H](COP(=O)(O)OCC[N+](C)(C)C)[C@H](O)CCCC/C=C/CCCCCCCCCCCCC. The molecule has 0 aliphatic carbocycles. The molecule has 0 saturated heterocycles. The van der Waals surface area contributed by atoms with Crippen LogP contribution in [0.15, 0.2) is 24.3 Å². The lowest BCUT2D eigenvalue weighted by molar-refractivity contribution is -0.870. The zero-order chi connectivity index (χ0) is 44.3. The molecule has 0 aliphatic rings. The maximum Gasteiger partial charge on any atom is 0.472 e. The number of nitrogens with one attached hydrogen (secondary N) is 1. The number of likely N-dealkylation sites (N-methyl/N-ethyl adjacent to an activating group) is 1. The van der Waals surface area contributed by atoms with Crippen molar-refractivity contribution < 1.29 is 32.9 Å². The van der Waals surface area contributed by atoms with Crippen molar-refractivity contribution in [1.29, 1.82) is 0 Å². The highest BCUT2D eigenvalue weighted by molar-refractivity contribution is 7.47. The topological polar surface area (TPSA) is 105 Å². The van der Waals surface area contributed by atoms with E-state index in [1.54, 1.807) is 0 Å². The number of aliphatic hydroxyl groups excluding tert-OH is 1. The Kier molecular flexibility index (Phi) is 42.5. The molecule has 8 nitrogen and oxygen atoms in total. The summed E-state index contributed by atoms with van der Waals surface area (Å²) in [4.78, 5) is 23.2. The minimum atomic E-state index is -4.32. The minimum absolute atomic E-state index is 0.0705. The number of unbranched alkanes of at least 4 members (excludes halogenated alkanes) is 30. The number of hydrogen-bond acceptors (Lipinski definition) is 5. The van der Waals surface area contributed by atoms with Crippen LogP contribution in [0.2, 0.25) is 0 Å². The van der Waals surface area contributed by atoms with E-state index < -0.39 is 20.0 Å². The lowest BCUT2D eigenvalue weighted by atomic mass is 10.0. The minimum Gasteiger partial charge on any atom is -0.391 e. The fourth-order valence-corrected chi connectivity index (χ4v) is 8.30. The van der Waals surface area contributed by atoms with Gasteiger partial charge in [0, 0.05) is 6.42 Å². The zero-order valence-electron chi connectivity index (χ0n) is 40.5. The average molecular weight is 870 g/mol. The van der Waals surface area contributed by atoms with Gasteiger partial charge in [0.15, 0.2) is 0 Å². The van der Waals surface area contributed by atoms with Gasteiger partial charge in [-0.05, 0) is 64.2 Å². The number of nitrogens with zero attached hydrogens (tertiary/aromatic N) is 1. The molecular formula is C51H102N2O6P+. The fourth-order valence-electron chi connectivity index (χ4n) is 7.57. The van der Waals surface area contributed by atoms with E-state index >= 15 is 0 Å². The van der Waals surface area contributed by atoms with Gasteiger partial charge in [-0.3, -0.25) is 13.8 Å². The van der Waals surface area contributed by atoms with E-state index in [9.17, 15) is 19.4 Å². The molecule has 0 rings (SSSR count). The molecule has 356 valence electrons. The molecule has 0 radical (unpaired) electrons. The number of phosphoric acid groups is 1. The molecule has 3 atom stereocenters. The molecule has 0 aliphatic heterocycles. The molecule has 1 amide bonds. The number of amides is 1. The molecule has 0 aromatic carbocycles. The summed E-state index contributed by atoms with van der Waals surface area (Å²) < 4.78 is 23.7. The van der Waals surface area contributed by atoms with Crippen molar-refractivity contribution >= 4 is 13.7 Å². The van der Waals surface area contributed by atoms with Gasteiger partial charge in [-0.1, -0.05) is 199 Å². The van der Waals surface area contributed by atoms with Crippen LogP contribution in [0.1, 0.15) is 245 Å². The maximum atomic E-state index is 12.9. The lowest BCUT2D eigenvalue weighted by Crippen LogP contribution is -2.46. The van der Waals surface area contributed by atoms with Crippen LogP contribution in [-0.4, -0.2) is 73.4 Å². The Labute approximate surface area is 373 Å². The number of allylic oxidation sites excluding steroid dienone is 4. The van der Waals surface area contributed by atoms with Gasteiger partial charge < -0.3 is 19.8 Å². The molecule has 3 N–H and O–H groups in total. The molecule has 0 spiro atoms. The van der Waals surface area contributed by atoms with Gasteiger partial charge in [0.1, 0.15) is 13.2 Å². The fraction of sp³-hybridized carbons (Fsp3) is 0.902. The van der Waals surface area contributed by atoms with Gasteiger partial charge in [0.2, 0.25) is 5.91 Å². The van der Waals surface area contributed by atoms with Crippen LogP contribution in [0, 0.1) is 0 Å². The molecule has 0 fully saturated rings. The molecule has 0 heterocycles. The van der Waals surface area contributed by atoms with E-state index in [0.29, 0.717) is 23.9 Å². The number of rotatable bonds is 47. The van der Waals surface area contributed by atoms with E-state index in [0.717, 1.165) is 44.9 Å². The summed E-state index contributed by atoms with van der Waals surface area (Å²) in [6.07, 6.45) is 52.2. The second-order valence-corrected chi connectivity index (χ2v) is 20.3. The van der Waals surface area contributed by atoms with Crippen LogP contribution in [-0.2, 0) is 18.4 Å². The predicted molar refractivity (Wildman–Crippen MR) is 258 cm³/mol. The van der Waals surface area contributed by atoms with E-state index in [-0.39, 0.29) is 19.1 Å². The number of hydrogen-bond donors (Lipinski definition) is 3. The third-order valence-electron chi connectivity index (χ3n) is 11.7. The summed E-state index contributed by atoms with van der Waals surface area (Å²) in [5, 5.41) is 14.0. The van der Waals surface area contributed by atoms with E-state index in [4.69, 9.17) is 9.05 Å². The predicted octanol–water partition coefficient (Wildman–Crippen LogP) is 14.9. The second-order valence-electron chi connectivity index (χ2n) is 18.9. The molecule has 0 aromatic rings. The molecule has 0 aromatic heterocycles. The van der Waals surface area contributed by atoms with Gasteiger partial charge in [0.25, 0.3) is 0 Å². The Morgan fingerprint density at radius 2 is 0.900 bits per heavy atom. The number of quaternary nitrogens is 1. The van der Waals surface area contributed by atoms with Gasteiger partial charge >= 0.3 is 7.82 Å². The van der Waals surface area contributed by atoms with Crippen LogP contribution in [0.5, 0.6) is 0 Å². The highest BCUT2D eigenvalue weighted by Crippen LogP contribution is 2.43. The van der Waals surface area contributed by atoms with Crippen molar-refractivity contribution in [2.24, 2.45) is 0 Å². The summed E-state index contributed by atoms with van der Waals surface area (Å²) in [5.41, 5.74) is 0. The quantitative estimate of drug-likeness (QED) is 0.0243. The Morgan fingerprint density at radius 1 is 0.550 bits per heavy atom. The molecule has 0 saturated carbocycles. The first kappa shape index (κ1) is 59.0. The molecule has 9 heteroatoms. The average Bonchev–Trinajstić information content (AvgIpc) is 3.20. The van der Waals surface area contributed by atoms with Crippen molar-refractivity contribution in [1.82, 2.24) is 5.32 Å². The van der Waals surface area contributed by atoms with Crippen molar-refractivity contribution in [3.8, 4) is 0 Å². The summed E-state index contributed by atoms with van der Waals surface area (Å²) in [6.45, 7) is 4.88. The van der Waals surface area contributed by atoms with Crippen LogP contribution in [0.4, 0.5) is 0 Å². The molecular weight excluding hydrogens is 768 g/mol. The first-order chi connectivity index (χ1) is 29.0. The second kappa shape index (κ2) is 43.2. The van der Waals surface area contributed by atoms with E-state index in [1.807, 2.05) is 21.1 Å². The van der Waals surface area contributed by atoms with Crippen molar-refractivity contribution in [2.45, 2.75) is 257 Å². The summed E-state index contributed by atoms with van der Waals surface area (Å²) in [7, 11) is 1.60. The monoisotopic (exact) mass is 870 g/mol. The van der Waals surface area contributed by atoms with E-state index in [2.05, 4.69) is 43.5 Å². The Morgan fingerprint density at radius 3 is 1.28 bits per heavy atom. The number of aliphatic hydroxyl groups is 1. The van der Waals surface area contributed by atoms with Gasteiger partial charge in [-0.2, -0.15) is 0 Å². The standard InChI is InChI=1S/C51H101N2O6P/c1-6-8-10-12-14-16-18-20-22-24-25-26-27-29-31-33-35-37-39-41-43-45-51(55)52-49(48-59-60(56,57)58-47-46-53(3,4)5)50(54)44-42-40-38-36-34-32-30-28-23-21-19-17-15-13-11-9-7-2/h20,22,34,36,49-50,54H,6-19,21,23-33,35,37-48H2,1-5H3,(H-,52,55,56,57)/p+1/b22-20+,36-34+/t49-,50+/m0/s1. The Balaban J connectivity index is 4.27.